The van der Waals surface area contributed by atoms with E-state index in [4.69, 9.17) is 0 Å². The molecule has 1 nitrogen and oxygen atoms in total. The molecule has 1 atom stereocenters. The van der Waals surface area contributed by atoms with Gasteiger partial charge in [0.1, 0.15) is 0 Å². The van der Waals surface area contributed by atoms with Crippen LogP contribution in [0.25, 0.3) is 0 Å². The number of rotatable bonds is 1. The molecule has 0 bridgehead atoms. The topological polar surface area (TPSA) is 12.0 Å². The maximum Gasteiger partial charge on any atom is 0.0387 e. The maximum absolute atomic E-state index is 3.52. The van der Waals surface area contributed by atoms with E-state index in [-0.39, 0.29) is 0 Å². The average molecular weight is 189 g/mol. The van der Waals surface area contributed by atoms with Gasteiger partial charge in [-0.15, -0.1) is 0 Å². The number of aryl methyl sites for hydroxylation is 1. The van der Waals surface area contributed by atoms with Crippen LogP contribution in [0.3, 0.4) is 0 Å². The first-order chi connectivity index (χ1) is 6.52. The predicted octanol–water partition coefficient (Wildman–Crippen LogP) is 2.97. The molecule has 2 rings (SSSR count). The van der Waals surface area contributed by atoms with Crippen molar-refractivity contribution in [2.45, 2.75) is 33.7 Å². The highest BCUT2D eigenvalue weighted by molar-refractivity contribution is 5.37. The van der Waals surface area contributed by atoms with Gasteiger partial charge < -0.3 is 5.32 Å². The van der Waals surface area contributed by atoms with Gasteiger partial charge in [0, 0.05) is 12.6 Å². The molecule has 1 aliphatic rings. The first-order valence-electron chi connectivity index (χ1n) is 5.32. The fourth-order valence-electron chi connectivity index (χ4n) is 2.23. The van der Waals surface area contributed by atoms with Crippen LogP contribution in [0.4, 0.5) is 0 Å². The summed E-state index contributed by atoms with van der Waals surface area (Å²) in [6, 6.07) is 7.14. The van der Waals surface area contributed by atoms with Gasteiger partial charge in [0.2, 0.25) is 0 Å². The standard InChI is InChI=1S/C13H19N/c1-9-6-5-7-11(10(9)2)12-13(3,4)8-14-12/h5-7,12,14H,8H2,1-4H3. The predicted molar refractivity (Wildman–Crippen MR) is 60.4 cm³/mol. The summed E-state index contributed by atoms with van der Waals surface area (Å²) in [6.07, 6.45) is 0. The van der Waals surface area contributed by atoms with E-state index in [1.165, 1.54) is 16.7 Å². The van der Waals surface area contributed by atoms with Crippen LogP contribution in [0.15, 0.2) is 18.2 Å². The van der Waals surface area contributed by atoms with Crippen molar-refractivity contribution in [1.29, 1.82) is 0 Å². The lowest BCUT2D eigenvalue weighted by molar-refractivity contribution is 0.128. The summed E-state index contributed by atoms with van der Waals surface area (Å²) >= 11 is 0. The maximum atomic E-state index is 3.52. The molecule has 76 valence electrons. The normalized spacial score (nSPS) is 24.4. The Balaban J connectivity index is 2.38. The molecule has 0 amide bonds. The number of hydrogen-bond donors (Lipinski definition) is 1. The molecule has 1 N–H and O–H groups in total. The Morgan fingerprint density at radius 3 is 2.50 bits per heavy atom. The zero-order chi connectivity index (χ0) is 10.3. The van der Waals surface area contributed by atoms with Gasteiger partial charge in [-0.1, -0.05) is 32.0 Å². The zero-order valence-electron chi connectivity index (χ0n) is 9.52. The van der Waals surface area contributed by atoms with Crippen molar-refractivity contribution in [3.05, 3.63) is 34.9 Å². The molecule has 1 aliphatic heterocycles. The van der Waals surface area contributed by atoms with Crippen LogP contribution in [0, 0.1) is 19.3 Å². The van der Waals surface area contributed by atoms with Gasteiger partial charge in [-0.25, -0.2) is 0 Å². The lowest BCUT2D eigenvalue weighted by Gasteiger charge is -2.46. The van der Waals surface area contributed by atoms with E-state index in [1.807, 2.05) is 0 Å². The summed E-state index contributed by atoms with van der Waals surface area (Å²) in [5, 5.41) is 3.52. The van der Waals surface area contributed by atoms with Crippen molar-refractivity contribution in [3.63, 3.8) is 0 Å². The smallest absolute Gasteiger partial charge is 0.0387 e. The Kier molecular flexibility index (Phi) is 2.15. The molecule has 0 aliphatic carbocycles. The molecule has 1 fully saturated rings. The third-order valence-corrected chi connectivity index (χ3v) is 3.50. The van der Waals surface area contributed by atoms with E-state index in [9.17, 15) is 0 Å². The first-order valence-corrected chi connectivity index (χ1v) is 5.32. The minimum absolute atomic E-state index is 0.415. The van der Waals surface area contributed by atoms with Gasteiger partial charge in [-0.2, -0.15) is 0 Å². The first kappa shape index (κ1) is 9.72. The van der Waals surface area contributed by atoms with Crippen molar-refractivity contribution in [2.24, 2.45) is 5.41 Å². The molecule has 1 heteroatoms. The van der Waals surface area contributed by atoms with Gasteiger partial charge in [0.15, 0.2) is 0 Å². The van der Waals surface area contributed by atoms with E-state index >= 15 is 0 Å². The van der Waals surface area contributed by atoms with Crippen LogP contribution in [0.2, 0.25) is 0 Å². The molecule has 1 unspecified atom stereocenters. The third-order valence-electron chi connectivity index (χ3n) is 3.50. The Morgan fingerprint density at radius 1 is 1.29 bits per heavy atom. The summed E-state index contributed by atoms with van der Waals surface area (Å²) in [7, 11) is 0. The van der Waals surface area contributed by atoms with Gasteiger partial charge in [0.05, 0.1) is 0 Å². The van der Waals surface area contributed by atoms with E-state index in [1.54, 1.807) is 0 Å². The molecule has 1 aromatic carbocycles. The van der Waals surface area contributed by atoms with Gasteiger partial charge in [-0.05, 0) is 36.0 Å². The summed E-state index contributed by atoms with van der Waals surface area (Å²) in [6.45, 7) is 10.2. The van der Waals surface area contributed by atoms with Gasteiger partial charge in [0.25, 0.3) is 0 Å². The van der Waals surface area contributed by atoms with Crippen LogP contribution in [-0.2, 0) is 0 Å². The Hall–Kier alpha value is -0.820. The van der Waals surface area contributed by atoms with Gasteiger partial charge in [-0.3, -0.25) is 0 Å². The molecule has 1 saturated heterocycles. The van der Waals surface area contributed by atoms with Crippen molar-refractivity contribution in [2.75, 3.05) is 6.54 Å². The van der Waals surface area contributed by atoms with Crippen LogP contribution >= 0.6 is 0 Å². The monoisotopic (exact) mass is 189 g/mol. The lowest BCUT2D eigenvalue weighted by atomic mass is 9.72. The highest BCUT2D eigenvalue weighted by Crippen LogP contribution is 2.41. The third kappa shape index (κ3) is 1.36. The molecule has 1 heterocycles. The molecule has 0 spiro atoms. The SMILES string of the molecule is Cc1cccc(C2NCC2(C)C)c1C. The quantitative estimate of drug-likeness (QED) is 0.716. The molecule has 0 aromatic heterocycles. The second kappa shape index (κ2) is 3.09. The fraction of sp³-hybridized carbons (Fsp3) is 0.538. The molecular weight excluding hydrogens is 170 g/mol. The van der Waals surface area contributed by atoms with E-state index < -0.39 is 0 Å². The summed E-state index contributed by atoms with van der Waals surface area (Å²) in [5.74, 6) is 0. The largest absolute Gasteiger partial charge is 0.309 e. The van der Waals surface area contributed by atoms with Crippen molar-refractivity contribution in [3.8, 4) is 0 Å². The van der Waals surface area contributed by atoms with Gasteiger partial charge >= 0.3 is 0 Å². The highest BCUT2D eigenvalue weighted by atomic mass is 15.0. The minimum Gasteiger partial charge on any atom is -0.309 e. The van der Waals surface area contributed by atoms with Crippen molar-refractivity contribution >= 4 is 0 Å². The second-order valence-corrected chi connectivity index (χ2v) is 5.09. The number of benzene rings is 1. The summed E-state index contributed by atoms with van der Waals surface area (Å²) < 4.78 is 0. The Morgan fingerprint density at radius 2 is 2.00 bits per heavy atom. The van der Waals surface area contributed by atoms with Crippen LogP contribution < -0.4 is 5.32 Å². The lowest BCUT2D eigenvalue weighted by Crippen LogP contribution is -2.52. The zero-order valence-corrected chi connectivity index (χ0v) is 9.52. The van der Waals surface area contributed by atoms with E-state index in [0.29, 0.717) is 11.5 Å². The molecular formula is C13H19N. The van der Waals surface area contributed by atoms with Crippen molar-refractivity contribution < 1.29 is 0 Å². The average Bonchev–Trinajstić information content (AvgIpc) is 2.11. The Bertz CT molecular complexity index is 352. The molecule has 14 heavy (non-hydrogen) atoms. The van der Waals surface area contributed by atoms with Crippen molar-refractivity contribution in [1.82, 2.24) is 5.32 Å². The second-order valence-electron chi connectivity index (χ2n) is 5.09. The van der Waals surface area contributed by atoms with E-state index in [0.717, 1.165) is 6.54 Å². The molecule has 0 saturated carbocycles. The summed E-state index contributed by atoms with van der Waals surface area (Å²) in [4.78, 5) is 0. The van der Waals surface area contributed by atoms with Crippen LogP contribution in [0.1, 0.15) is 36.6 Å². The molecule has 1 aromatic rings. The number of nitrogens with one attached hydrogen (secondary N) is 1. The van der Waals surface area contributed by atoms with Crippen LogP contribution in [0.5, 0.6) is 0 Å². The summed E-state index contributed by atoms with van der Waals surface area (Å²) in [5.41, 5.74) is 4.73. The minimum atomic E-state index is 0.415. The highest BCUT2D eigenvalue weighted by Gasteiger charge is 2.39. The number of hydrogen-bond acceptors (Lipinski definition) is 1. The fourth-order valence-corrected chi connectivity index (χ4v) is 2.23. The molecule has 0 radical (unpaired) electrons. The van der Waals surface area contributed by atoms with Crippen LogP contribution in [-0.4, -0.2) is 6.54 Å². The van der Waals surface area contributed by atoms with E-state index in [2.05, 4.69) is 51.2 Å². The Labute approximate surface area is 86.5 Å².